The molecule has 2 unspecified atom stereocenters. The van der Waals surface area contributed by atoms with Gasteiger partial charge < -0.3 is 10.6 Å². The highest BCUT2D eigenvalue weighted by atomic mass is 15.1. The monoisotopic (exact) mass is 153 g/mol. The van der Waals surface area contributed by atoms with Crippen molar-refractivity contribution >= 4 is 0 Å². The molecule has 0 amide bonds. The number of hydrogen-bond acceptors (Lipinski definition) is 3. The van der Waals surface area contributed by atoms with Gasteiger partial charge in [0, 0.05) is 19.0 Å². The molecule has 0 aromatic heterocycles. The summed E-state index contributed by atoms with van der Waals surface area (Å²) in [7, 11) is 2.06. The fourth-order valence-electron chi connectivity index (χ4n) is 1.51. The van der Waals surface area contributed by atoms with Crippen molar-refractivity contribution in [2.24, 2.45) is 11.7 Å². The topological polar surface area (TPSA) is 53.0 Å². The molecule has 0 radical (unpaired) electrons. The van der Waals surface area contributed by atoms with Crippen LogP contribution in [0.5, 0.6) is 0 Å². The highest BCUT2D eigenvalue weighted by molar-refractivity contribution is 5.10. The molecule has 0 spiro atoms. The zero-order valence-corrected chi connectivity index (χ0v) is 7.17. The highest BCUT2D eigenvalue weighted by Gasteiger charge is 2.36. The molecule has 1 heterocycles. The van der Waals surface area contributed by atoms with Crippen LogP contribution in [0.25, 0.3) is 0 Å². The van der Waals surface area contributed by atoms with Crippen LogP contribution < -0.4 is 5.73 Å². The van der Waals surface area contributed by atoms with Crippen molar-refractivity contribution in [2.45, 2.75) is 18.9 Å². The molecule has 0 aliphatic carbocycles. The second-order valence-corrected chi connectivity index (χ2v) is 3.57. The van der Waals surface area contributed by atoms with Crippen molar-refractivity contribution in [3.05, 3.63) is 0 Å². The van der Waals surface area contributed by atoms with Crippen LogP contribution in [0.4, 0.5) is 0 Å². The first-order valence-electron chi connectivity index (χ1n) is 3.97. The molecule has 0 bridgehead atoms. The van der Waals surface area contributed by atoms with E-state index in [0.29, 0.717) is 0 Å². The van der Waals surface area contributed by atoms with Crippen molar-refractivity contribution in [1.82, 2.24) is 4.90 Å². The van der Waals surface area contributed by atoms with Crippen LogP contribution in [0.15, 0.2) is 0 Å². The van der Waals surface area contributed by atoms with Gasteiger partial charge in [0.15, 0.2) is 0 Å². The van der Waals surface area contributed by atoms with E-state index < -0.39 is 5.54 Å². The van der Waals surface area contributed by atoms with Gasteiger partial charge in [-0.25, -0.2) is 0 Å². The lowest BCUT2D eigenvalue weighted by Gasteiger charge is -2.38. The SMILES string of the molecule is CC1CN(C)CCC1(N)C#N. The predicted octanol–water partition coefficient (Wildman–Crippen LogP) is 0.179. The molecule has 3 heteroatoms. The Bertz CT molecular complexity index is 184. The quantitative estimate of drug-likeness (QED) is 0.540. The van der Waals surface area contributed by atoms with E-state index in [-0.39, 0.29) is 5.92 Å². The molecule has 0 aromatic carbocycles. The number of hydrogen-bond donors (Lipinski definition) is 1. The number of nitrogens with zero attached hydrogens (tertiary/aromatic N) is 2. The van der Waals surface area contributed by atoms with Crippen LogP contribution >= 0.6 is 0 Å². The van der Waals surface area contributed by atoms with Crippen molar-refractivity contribution in [3.8, 4) is 6.07 Å². The highest BCUT2D eigenvalue weighted by Crippen LogP contribution is 2.23. The summed E-state index contributed by atoms with van der Waals surface area (Å²) in [5.41, 5.74) is 5.30. The second-order valence-electron chi connectivity index (χ2n) is 3.57. The van der Waals surface area contributed by atoms with Gasteiger partial charge in [-0.3, -0.25) is 0 Å². The fraction of sp³-hybridized carbons (Fsp3) is 0.875. The van der Waals surface area contributed by atoms with Crippen LogP contribution in [0, 0.1) is 17.2 Å². The number of piperidine rings is 1. The molecule has 2 atom stereocenters. The maximum absolute atomic E-state index is 8.81. The number of nitrogens with two attached hydrogens (primary N) is 1. The molecule has 0 aromatic rings. The van der Waals surface area contributed by atoms with Crippen molar-refractivity contribution in [1.29, 1.82) is 5.26 Å². The van der Waals surface area contributed by atoms with Gasteiger partial charge in [-0.2, -0.15) is 5.26 Å². The summed E-state index contributed by atoms with van der Waals surface area (Å²) in [6.07, 6.45) is 0.793. The molecule has 11 heavy (non-hydrogen) atoms. The maximum atomic E-state index is 8.81. The number of nitriles is 1. The Kier molecular flexibility index (Phi) is 2.17. The summed E-state index contributed by atoms with van der Waals surface area (Å²) in [4.78, 5) is 2.22. The molecule has 1 aliphatic rings. The summed E-state index contributed by atoms with van der Waals surface area (Å²) in [6, 6.07) is 2.20. The van der Waals surface area contributed by atoms with E-state index in [1.54, 1.807) is 0 Å². The third-order valence-electron chi connectivity index (χ3n) is 2.58. The van der Waals surface area contributed by atoms with Gasteiger partial charge in [0.25, 0.3) is 0 Å². The molecule has 1 saturated heterocycles. The van der Waals surface area contributed by atoms with E-state index >= 15 is 0 Å². The minimum Gasteiger partial charge on any atom is -0.313 e. The Hall–Kier alpha value is -0.590. The maximum Gasteiger partial charge on any atom is 0.109 e. The first-order chi connectivity index (χ1) is 5.08. The number of rotatable bonds is 0. The molecule has 62 valence electrons. The molecular weight excluding hydrogens is 138 g/mol. The molecule has 2 N–H and O–H groups in total. The van der Waals surface area contributed by atoms with E-state index in [1.807, 2.05) is 6.92 Å². The first kappa shape index (κ1) is 8.51. The molecule has 1 rings (SSSR count). The van der Waals surface area contributed by atoms with Crippen molar-refractivity contribution < 1.29 is 0 Å². The van der Waals surface area contributed by atoms with Gasteiger partial charge in [-0.05, 0) is 13.5 Å². The third-order valence-corrected chi connectivity index (χ3v) is 2.58. The molecule has 3 nitrogen and oxygen atoms in total. The van der Waals surface area contributed by atoms with Gasteiger partial charge >= 0.3 is 0 Å². The van der Waals surface area contributed by atoms with E-state index in [2.05, 4.69) is 18.0 Å². The lowest BCUT2D eigenvalue weighted by molar-refractivity contribution is 0.161. The lowest BCUT2D eigenvalue weighted by Crippen LogP contribution is -2.54. The summed E-state index contributed by atoms with van der Waals surface area (Å²) >= 11 is 0. The zero-order chi connectivity index (χ0) is 8.48. The molecule has 1 aliphatic heterocycles. The Morgan fingerprint density at radius 1 is 1.73 bits per heavy atom. The smallest absolute Gasteiger partial charge is 0.109 e. The van der Waals surface area contributed by atoms with Crippen LogP contribution in [0.3, 0.4) is 0 Å². The Balaban J connectivity index is 2.66. The number of likely N-dealkylation sites (tertiary alicyclic amines) is 1. The predicted molar refractivity (Wildman–Crippen MR) is 43.8 cm³/mol. The summed E-state index contributed by atoms with van der Waals surface area (Å²) < 4.78 is 0. The van der Waals surface area contributed by atoms with Gasteiger partial charge in [-0.15, -0.1) is 0 Å². The van der Waals surface area contributed by atoms with Crippen molar-refractivity contribution in [3.63, 3.8) is 0 Å². The van der Waals surface area contributed by atoms with Crippen molar-refractivity contribution in [2.75, 3.05) is 20.1 Å². The minimum atomic E-state index is -0.577. The van der Waals surface area contributed by atoms with Gasteiger partial charge in [-0.1, -0.05) is 6.92 Å². The van der Waals surface area contributed by atoms with Crippen LogP contribution in [-0.4, -0.2) is 30.6 Å². The molecule has 1 fully saturated rings. The fourth-order valence-corrected chi connectivity index (χ4v) is 1.51. The van der Waals surface area contributed by atoms with Gasteiger partial charge in [0.05, 0.1) is 6.07 Å². The molecule has 0 saturated carbocycles. The zero-order valence-electron chi connectivity index (χ0n) is 7.17. The minimum absolute atomic E-state index is 0.284. The molecular formula is C8H15N3. The van der Waals surface area contributed by atoms with E-state index in [0.717, 1.165) is 19.5 Å². The second kappa shape index (κ2) is 2.80. The third kappa shape index (κ3) is 1.52. The van der Waals surface area contributed by atoms with Crippen LogP contribution in [-0.2, 0) is 0 Å². The van der Waals surface area contributed by atoms with Gasteiger partial charge in [0.1, 0.15) is 5.54 Å². The first-order valence-corrected chi connectivity index (χ1v) is 3.97. The van der Waals surface area contributed by atoms with Crippen LogP contribution in [0.1, 0.15) is 13.3 Å². The Morgan fingerprint density at radius 3 is 2.82 bits per heavy atom. The Labute approximate surface area is 67.8 Å². The van der Waals surface area contributed by atoms with Crippen LogP contribution in [0.2, 0.25) is 0 Å². The summed E-state index contributed by atoms with van der Waals surface area (Å²) in [6.45, 7) is 3.91. The normalized spacial score (nSPS) is 40.0. The Morgan fingerprint density at radius 2 is 2.36 bits per heavy atom. The lowest BCUT2D eigenvalue weighted by atomic mass is 9.81. The van der Waals surface area contributed by atoms with E-state index in [4.69, 9.17) is 11.0 Å². The summed E-state index contributed by atoms with van der Waals surface area (Å²) in [5.74, 6) is 0.284. The largest absolute Gasteiger partial charge is 0.313 e. The van der Waals surface area contributed by atoms with Gasteiger partial charge in [0.2, 0.25) is 0 Å². The standard InChI is InChI=1S/C8H15N3/c1-7-5-11(2)4-3-8(7,10)6-9/h7H,3-5,10H2,1-2H3. The average Bonchev–Trinajstić information content (AvgIpc) is 1.98. The van der Waals surface area contributed by atoms with E-state index in [9.17, 15) is 0 Å². The summed E-state index contributed by atoms with van der Waals surface area (Å²) in [5, 5.41) is 8.81. The average molecular weight is 153 g/mol. The van der Waals surface area contributed by atoms with E-state index in [1.165, 1.54) is 0 Å².